The monoisotopic (exact) mass is 383 g/mol. The molecule has 3 aromatic rings. The van der Waals surface area contributed by atoms with Crippen molar-refractivity contribution in [3.8, 4) is 0 Å². The average Bonchev–Trinajstić information content (AvgIpc) is 2.98. The number of nitrogens with zero attached hydrogens (tertiary/aromatic N) is 4. The van der Waals surface area contributed by atoms with Crippen molar-refractivity contribution in [2.45, 2.75) is 0 Å². The zero-order chi connectivity index (χ0) is 20.1. The summed E-state index contributed by atoms with van der Waals surface area (Å²) >= 11 is 0. The third-order valence-electron chi connectivity index (χ3n) is 4.25. The van der Waals surface area contributed by atoms with Crippen LogP contribution in [0.4, 0.5) is 17.1 Å². The molecular formula is C22H17N5O2. The lowest BCUT2D eigenvalue weighted by atomic mass is 10.1. The Morgan fingerprint density at radius 1 is 0.897 bits per heavy atom. The molecule has 0 aromatic heterocycles. The largest absolute Gasteiger partial charge is 0.269 e. The Kier molecular flexibility index (Phi) is 5.11. The number of anilines is 1. The average molecular weight is 383 g/mol. The molecule has 1 aliphatic rings. The lowest BCUT2D eigenvalue weighted by molar-refractivity contribution is -0.384. The van der Waals surface area contributed by atoms with E-state index in [4.69, 9.17) is 0 Å². The van der Waals surface area contributed by atoms with Crippen LogP contribution in [0.5, 0.6) is 0 Å². The molecular weight excluding hydrogens is 366 g/mol. The Hall–Kier alpha value is -4.26. The van der Waals surface area contributed by atoms with Gasteiger partial charge in [-0.1, -0.05) is 48.5 Å². The van der Waals surface area contributed by atoms with Gasteiger partial charge in [-0.3, -0.25) is 20.5 Å². The normalized spacial score (nSPS) is 14.8. The molecule has 0 aliphatic carbocycles. The van der Waals surface area contributed by atoms with Gasteiger partial charge in [0.15, 0.2) is 0 Å². The third-order valence-corrected chi connectivity index (χ3v) is 4.25. The lowest BCUT2D eigenvalue weighted by Crippen LogP contribution is -2.37. The van der Waals surface area contributed by atoms with Gasteiger partial charge in [0.25, 0.3) is 5.69 Å². The van der Waals surface area contributed by atoms with Crippen LogP contribution in [0.2, 0.25) is 0 Å². The van der Waals surface area contributed by atoms with Gasteiger partial charge in [0.2, 0.25) is 5.96 Å². The number of benzene rings is 3. The number of allylic oxidation sites excluding steroid dienone is 1. The molecule has 0 unspecified atom stereocenters. The van der Waals surface area contributed by atoms with E-state index in [1.807, 2.05) is 66.9 Å². The summed E-state index contributed by atoms with van der Waals surface area (Å²) in [5.41, 5.74) is 6.54. The Bertz CT molecular complexity index is 1090. The quantitative estimate of drug-likeness (QED) is 0.522. The second-order valence-corrected chi connectivity index (χ2v) is 6.23. The van der Waals surface area contributed by atoms with Crippen molar-refractivity contribution in [3.05, 3.63) is 107 Å². The minimum atomic E-state index is -0.420. The van der Waals surface area contributed by atoms with Crippen LogP contribution in [0.25, 0.3) is 5.57 Å². The third kappa shape index (κ3) is 4.36. The molecule has 7 nitrogen and oxygen atoms in total. The van der Waals surface area contributed by atoms with Gasteiger partial charge in [-0.15, -0.1) is 0 Å². The first-order valence-electron chi connectivity index (χ1n) is 8.94. The fraction of sp³-hybridized carbons (Fsp3) is 0. The van der Waals surface area contributed by atoms with Gasteiger partial charge >= 0.3 is 0 Å². The van der Waals surface area contributed by atoms with E-state index < -0.39 is 4.92 Å². The smallest absolute Gasteiger partial charge is 0.261 e. The molecule has 0 bridgehead atoms. The van der Waals surface area contributed by atoms with Crippen LogP contribution in [0, 0.1) is 10.1 Å². The van der Waals surface area contributed by atoms with Gasteiger partial charge < -0.3 is 0 Å². The van der Waals surface area contributed by atoms with Crippen molar-refractivity contribution in [2.75, 3.05) is 5.01 Å². The van der Waals surface area contributed by atoms with Crippen LogP contribution < -0.4 is 10.4 Å². The Balaban J connectivity index is 1.74. The number of non-ortho nitro benzene ring substituents is 1. The van der Waals surface area contributed by atoms with E-state index >= 15 is 0 Å². The van der Waals surface area contributed by atoms with Crippen LogP contribution in [0.1, 0.15) is 5.56 Å². The molecule has 142 valence electrons. The summed E-state index contributed by atoms with van der Waals surface area (Å²) in [6.45, 7) is 0. The number of hydrogen-bond acceptors (Lipinski definition) is 4. The Labute approximate surface area is 167 Å². The summed E-state index contributed by atoms with van der Waals surface area (Å²) < 4.78 is 0. The highest BCUT2D eigenvalue weighted by atomic mass is 16.6. The number of guanidine groups is 1. The van der Waals surface area contributed by atoms with E-state index in [0.29, 0.717) is 5.96 Å². The van der Waals surface area contributed by atoms with E-state index in [1.165, 1.54) is 12.1 Å². The number of nitrogens with one attached hydrogen (secondary N) is 1. The van der Waals surface area contributed by atoms with Gasteiger partial charge in [-0.05, 0) is 29.8 Å². The molecule has 3 aromatic carbocycles. The molecule has 0 radical (unpaired) electrons. The molecule has 4 rings (SSSR count). The zero-order valence-electron chi connectivity index (χ0n) is 15.3. The first kappa shape index (κ1) is 18.1. The van der Waals surface area contributed by atoms with Crippen molar-refractivity contribution in [1.82, 2.24) is 5.43 Å². The summed E-state index contributed by atoms with van der Waals surface area (Å²) in [6, 6.07) is 25.6. The van der Waals surface area contributed by atoms with Crippen molar-refractivity contribution in [2.24, 2.45) is 9.98 Å². The minimum Gasteiger partial charge on any atom is -0.261 e. The Morgan fingerprint density at radius 2 is 1.55 bits per heavy atom. The number of nitro groups is 1. The topological polar surface area (TPSA) is 83.1 Å². The fourth-order valence-electron chi connectivity index (χ4n) is 2.80. The van der Waals surface area contributed by atoms with Crippen molar-refractivity contribution < 1.29 is 4.92 Å². The summed E-state index contributed by atoms with van der Waals surface area (Å²) in [5, 5.41) is 12.7. The van der Waals surface area contributed by atoms with E-state index in [0.717, 1.165) is 22.5 Å². The first-order valence-corrected chi connectivity index (χ1v) is 8.94. The molecule has 0 amide bonds. The molecule has 0 atom stereocenters. The minimum absolute atomic E-state index is 0.0326. The molecule has 1 heterocycles. The molecule has 0 saturated carbocycles. The van der Waals surface area contributed by atoms with Gasteiger partial charge in [0.1, 0.15) is 0 Å². The number of hydrazine groups is 1. The van der Waals surface area contributed by atoms with Gasteiger partial charge in [-0.2, -0.15) is 0 Å². The SMILES string of the molecule is O=[N+]([O-])c1ccc(N2C=C(c3ccccc3)C=NC(=Nc3ccccc3)N2)cc1. The molecule has 0 spiro atoms. The highest BCUT2D eigenvalue weighted by Crippen LogP contribution is 2.23. The molecule has 0 fully saturated rings. The van der Waals surface area contributed by atoms with Crippen LogP contribution in [0.15, 0.2) is 101 Å². The number of nitro benzene ring substituents is 1. The van der Waals surface area contributed by atoms with E-state index in [-0.39, 0.29) is 5.69 Å². The second-order valence-electron chi connectivity index (χ2n) is 6.23. The van der Waals surface area contributed by atoms with Crippen LogP contribution in [-0.4, -0.2) is 17.1 Å². The van der Waals surface area contributed by atoms with Crippen molar-refractivity contribution in [1.29, 1.82) is 0 Å². The molecule has 1 aliphatic heterocycles. The molecule has 29 heavy (non-hydrogen) atoms. The molecule has 1 N–H and O–H groups in total. The zero-order valence-corrected chi connectivity index (χ0v) is 15.3. The molecule has 7 heteroatoms. The number of para-hydroxylation sites is 1. The van der Waals surface area contributed by atoms with Crippen LogP contribution in [0.3, 0.4) is 0 Å². The van der Waals surface area contributed by atoms with E-state index in [9.17, 15) is 10.1 Å². The second kappa shape index (κ2) is 8.18. The fourth-order valence-corrected chi connectivity index (χ4v) is 2.80. The maximum Gasteiger partial charge on any atom is 0.269 e. The highest BCUT2D eigenvalue weighted by molar-refractivity contribution is 6.15. The van der Waals surface area contributed by atoms with E-state index in [2.05, 4.69) is 15.4 Å². The highest BCUT2D eigenvalue weighted by Gasteiger charge is 2.14. The predicted molar refractivity (Wildman–Crippen MR) is 115 cm³/mol. The number of rotatable bonds is 4. The number of aliphatic imine (C=N–C) groups is 2. The van der Waals surface area contributed by atoms with E-state index in [1.54, 1.807) is 23.4 Å². The van der Waals surface area contributed by atoms with Crippen molar-refractivity contribution >= 4 is 34.8 Å². The van der Waals surface area contributed by atoms with Crippen molar-refractivity contribution in [3.63, 3.8) is 0 Å². The van der Waals surface area contributed by atoms with Gasteiger partial charge in [-0.25, -0.2) is 9.98 Å². The Morgan fingerprint density at radius 3 is 2.21 bits per heavy atom. The summed E-state index contributed by atoms with van der Waals surface area (Å²) in [6.07, 6.45) is 3.63. The molecule has 0 saturated heterocycles. The summed E-state index contributed by atoms with van der Waals surface area (Å²) in [7, 11) is 0. The predicted octanol–water partition coefficient (Wildman–Crippen LogP) is 4.72. The van der Waals surface area contributed by atoms with Crippen LogP contribution >= 0.6 is 0 Å². The maximum atomic E-state index is 11.0. The maximum absolute atomic E-state index is 11.0. The number of hydrogen-bond donors (Lipinski definition) is 1. The standard InChI is InChI=1S/C22H17N5O2/c28-27(29)21-13-11-20(12-14-21)26-16-18(17-7-3-1-4-8-17)15-23-22(25-26)24-19-9-5-2-6-10-19/h1-16H,(H,24,25). The van der Waals surface area contributed by atoms with Gasteiger partial charge in [0.05, 0.1) is 16.3 Å². The van der Waals surface area contributed by atoms with Crippen LogP contribution in [-0.2, 0) is 0 Å². The summed E-state index contributed by atoms with van der Waals surface area (Å²) in [4.78, 5) is 19.6. The lowest BCUT2D eigenvalue weighted by Gasteiger charge is -2.21. The van der Waals surface area contributed by atoms with Gasteiger partial charge in [0, 0.05) is 30.1 Å². The summed E-state index contributed by atoms with van der Waals surface area (Å²) in [5.74, 6) is 0.400. The first-order chi connectivity index (χ1) is 14.2.